The summed E-state index contributed by atoms with van der Waals surface area (Å²) in [6.45, 7) is 1.12. The van der Waals surface area contributed by atoms with Gasteiger partial charge in [0.1, 0.15) is 0 Å². The van der Waals surface area contributed by atoms with Crippen LogP contribution in [-0.2, 0) is 0 Å². The minimum absolute atomic E-state index is 0.269. The van der Waals surface area contributed by atoms with Gasteiger partial charge < -0.3 is 9.47 Å². The van der Waals surface area contributed by atoms with Crippen LogP contribution in [0, 0.1) is 35.3 Å². The summed E-state index contributed by atoms with van der Waals surface area (Å²) < 4.78 is 42.9. The molecule has 3 aromatic rings. The van der Waals surface area contributed by atoms with Crippen molar-refractivity contribution in [3.8, 4) is 11.5 Å². The average molecular weight is 457 g/mol. The molecule has 3 aliphatic rings. The van der Waals surface area contributed by atoms with E-state index < -0.39 is 0 Å². The van der Waals surface area contributed by atoms with Gasteiger partial charge in [0.05, 0.1) is 22.6 Å². The minimum Gasteiger partial charge on any atom is -0.490 e. The van der Waals surface area contributed by atoms with Crippen LogP contribution >= 0.6 is 11.3 Å². The van der Waals surface area contributed by atoms with Crippen LogP contribution in [0.25, 0.3) is 20.2 Å². The Hall–Kier alpha value is -1.88. The second-order valence-corrected chi connectivity index (χ2v) is 11.3. The first kappa shape index (κ1) is 20.7. The summed E-state index contributed by atoms with van der Waals surface area (Å²) in [7, 11) is 0. The number of hydrogen-bond acceptors (Lipinski definition) is 3. The maximum atomic E-state index is 15.3. The molecule has 3 saturated carbocycles. The van der Waals surface area contributed by atoms with Gasteiger partial charge in [-0.2, -0.15) is 0 Å². The highest BCUT2D eigenvalue weighted by molar-refractivity contribution is 7.25. The molecule has 0 aliphatic heterocycles. The van der Waals surface area contributed by atoms with Gasteiger partial charge in [-0.15, -0.1) is 11.3 Å². The molecule has 2 aromatic carbocycles. The maximum absolute atomic E-state index is 15.3. The molecule has 1 heterocycles. The first-order chi connectivity index (χ1) is 15.7. The van der Waals surface area contributed by atoms with Crippen molar-refractivity contribution in [1.82, 2.24) is 0 Å². The van der Waals surface area contributed by atoms with E-state index in [0.717, 1.165) is 46.8 Å². The molecular weight excluding hydrogens is 426 g/mol. The number of rotatable bonds is 8. The quantitative estimate of drug-likeness (QED) is 0.341. The third-order valence-electron chi connectivity index (χ3n) is 7.59. The molecule has 6 rings (SSSR count). The first-order valence-corrected chi connectivity index (χ1v) is 13.1. The third-order valence-corrected chi connectivity index (χ3v) is 8.80. The van der Waals surface area contributed by atoms with E-state index in [1.807, 2.05) is 12.1 Å². The Morgan fingerprint density at radius 2 is 1.03 bits per heavy atom. The standard InChI is InChI=1S/C27H30F2O2S/c28-24-22(30-14-18-5-3-17(4-6-18)13-16-1-2-16)11-9-20-21-10-12-23(31-15-19-7-8-19)25(29)27(21)32-26(20)24/h9-12,16-19H,1-8,13-15H2. The molecule has 3 aliphatic carbocycles. The van der Waals surface area contributed by atoms with Gasteiger partial charge in [0.2, 0.25) is 0 Å². The van der Waals surface area contributed by atoms with Crippen LogP contribution in [0.1, 0.15) is 57.8 Å². The fourth-order valence-electron chi connectivity index (χ4n) is 5.18. The molecular formula is C27H30F2O2S. The first-order valence-electron chi connectivity index (χ1n) is 12.2. The lowest BCUT2D eigenvalue weighted by Gasteiger charge is -2.28. The molecule has 1 aromatic heterocycles. The Balaban J connectivity index is 1.16. The minimum atomic E-state index is -0.380. The molecule has 0 atom stereocenters. The van der Waals surface area contributed by atoms with E-state index in [9.17, 15) is 0 Å². The Kier molecular flexibility index (Phi) is 5.49. The zero-order valence-electron chi connectivity index (χ0n) is 18.4. The van der Waals surface area contributed by atoms with E-state index in [-0.39, 0.29) is 23.1 Å². The van der Waals surface area contributed by atoms with Gasteiger partial charge in [0.25, 0.3) is 0 Å². The second kappa shape index (κ2) is 8.48. The summed E-state index contributed by atoms with van der Waals surface area (Å²) >= 11 is 1.16. The lowest BCUT2D eigenvalue weighted by atomic mass is 9.80. The van der Waals surface area contributed by atoms with Gasteiger partial charge in [-0.05, 0) is 80.0 Å². The summed E-state index contributed by atoms with van der Waals surface area (Å²) in [5.41, 5.74) is 0. The normalized spacial score (nSPS) is 23.7. The Morgan fingerprint density at radius 3 is 1.47 bits per heavy atom. The average Bonchev–Trinajstić information content (AvgIpc) is 3.73. The molecule has 3 fully saturated rings. The molecule has 170 valence electrons. The lowest BCUT2D eigenvalue weighted by Crippen LogP contribution is -2.20. The summed E-state index contributed by atoms with van der Waals surface area (Å²) in [4.78, 5) is 0. The highest BCUT2D eigenvalue weighted by Crippen LogP contribution is 2.43. The number of thiophene rings is 1. The second-order valence-electron chi connectivity index (χ2n) is 10.2. The fourth-order valence-corrected chi connectivity index (χ4v) is 6.34. The summed E-state index contributed by atoms with van der Waals surface area (Å²) in [6.07, 6.45) is 11.5. The van der Waals surface area contributed by atoms with Crippen molar-refractivity contribution in [1.29, 1.82) is 0 Å². The van der Waals surface area contributed by atoms with Crippen molar-refractivity contribution in [3.63, 3.8) is 0 Å². The molecule has 0 N–H and O–H groups in total. The highest BCUT2D eigenvalue weighted by atomic mass is 32.1. The number of hydrogen-bond donors (Lipinski definition) is 0. The van der Waals surface area contributed by atoms with Gasteiger partial charge >= 0.3 is 0 Å². The van der Waals surface area contributed by atoms with Crippen molar-refractivity contribution >= 4 is 31.5 Å². The Labute approximate surface area is 191 Å². The maximum Gasteiger partial charge on any atom is 0.182 e. The fraction of sp³-hybridized carbons (Fsp3) is 0.556. The van der Waals surface area contributed by atoms with Gasteiger partial charge in [-0.3, -0.25) is 0 Å². The zero-order valence-corrected chi connectivity index (χ0v) is 19.2. The van der Waals surface area contributed by atoms with Crippen LogP contribution in [-0.4, -0.2) is 13.2 Å². The van der Waals surface area contributed by atoms with Gasteiger partial charge in [-0.25, -0.2) is 8.78 Å². The number of halogens is 2. The predicted octanol–water partition coefficient (Wildman–Crippen LogP) is 8.11. The predicted molar refractivity (Wildman–Crippen MR) is 126 cm³/mol. The molecule has 32 heavy (non-hydrogen) atoms. The lowest BCUT2D eigenvalue weighted by molar-refractivity contribution is 0.173. The molecule has 0 bridgehead atoms. The van der Waals surface area contributed by atoms with Crippen LogP contribution in [0.3, 0.4) is 0 Å². The van der Waals surface area contributed by atoms with E-state index in [4.69, 9.17) is 9.47 Å². The topological polar surface area (TPSA) is 18.5 Å². The largest absolute Gasteiger partial charge is 0.490 e. The zero-order chi connectivity index (χ0) is 21.7. The van der Waals surface area contributed by atoms with Crippen molar-refractivity contribution < 1.29 is 18.3 Å². The van der Waals surface area contributed by atoms with E-state index in [1.165, 1.54) is 44.9 Å². The number of ether oxygens (including phenoxy) is 2. The van der Waals surface area contributed by atoms with Gasteiger partial charge in [-0.1, -0.05) is 25.7 Å². The van der Waals surface area contributed by atoms with Crippen LogP contribution in [0.4, 0.5) is 8.78 Å². The summed E-state index contributed by atoms with van der Waals surface area (Å²) in [6, 6.07) is 7.09. The van der Waals surface area contributed by atoms with Crippen molar-refractivity contribution in [2.75, 3.05) is 13.2 Å². The van der Waals surface area contributed by atoms with E-state index in [1.54, 1.807) is 12.1 Å². The van der Waals surface area contributed by atoms with E-state index in [2.05, 4.69) is 0 Å². The Morgan fingerprint density at radius 1 is 0.625 bits per heavy atom. The Bertz CT molecular complexity index is 1120. The summed E-state index contributed by atoms with van der Waals surface area (Å²) in [5, 5.41) is 1.48. The van der Waals surface area contributed by atoms with Crippen molar-refractivity contribution in [3.05, 3.63) is 35.9 Å². The van der Waals surface area contributed by atoms with Crippen molar-refractivity contribution in [2.24, 2.45) is 23.7 Å². The van der Waals surface area contributed by atoms with Crippen LogP contribution < -0.4 is 9.47 Å². The number of fused-ring (bicyclic) bond motifs is 3. The van der Waals surface area contributed by atoms with Crippen molar-refractivity contribution in [2.45, 2.75) is 57.8 Å². The molecule has 0 spiro atoms. The molecule has 2 nitrogen and oxygen atoms in total. The van der Waals surface area contributed by atoms with Crippen LogP contribution in [0.5, 0.6) is 11.5 Å². The molecule has 0 radical (unpaired) electrons. The smallest absolute Gasteiger partial charge is 0.182 e. The molecule has 5 heteroatoms. The summed E-state index contributed by atoms with van der Waals surface area (Å²) in [5.74, 6) is 2.75. The van der Waals surface area contributed by atoms with Crippen LogP contribution in [0.2, 0.25) is 0 Å². The number of benzene rings is 2. The monoisotopic (exact) mass is 456 g/mol. The highest BCUT2D eigenvalue weighted by Gasteiger charge is 2.29. The van der Waals surface area contributed by atoms with Crippen LogP contribution in [0.15, 0.2) is 24.3 Å². The SMILES string of the molecule is Fc1c(OCC2CC2)ccc2c1sc1c(F)c(OCC3CCC(CC4CC4)CC3)ccc12. The van der Waals surface area contributed by atoms with E-state index >= 15 is 8.78 Å². The third kappa shape index (κ3) is 4.21. The van der Waals surface area contributed by atoms with Gasteiger partial charge in [0.15, 0.2) is 23.1 Å². The molecule has 0 saturated heterocycles. The van der Waals surface area contributed by atoms with E-state index in [0.29, 0.717) is 34.4 Å². The van der Waals surface area contributed by atoms with Gasteiger partial charge in [0, 0.05) is 10.8 Å². The molecule has 0 unspecified atom stereocenters. The molecule has 0 amide bonds.